The number of amides is 1. The van der Waals surface area contributed by atoms with Gasteiger partial charge in [0.25, 0.3) is 5.91 Å². The van der Waals surface area contributed by atoms with Gasteiger partial charge in [-0.05, 0) is 60.2 Å². The van der Waals surface area contributed by atoms with Crippen LogP contribution in [0.4, 0.5) is 0 Å². The molecular formula is C22H17BrN2O4. The maximum atomic E-state index is 12.3. The summed E-state index contributed by atoms with van der Waals surface area (Å²) in [6.07, 6.45) is 1.47. The number of hydrogen-bond donors (Lipinski definition) is 1. The third-order valence-electron chi connectivity index (χ3n) is 3.86. The SMILES string of the molecule is COc1ccc(C(=O)Oc2cccc(C=NNC(=O)c3cccc(Br)c3)c2)cc1. The highest BCUT2D eigenvalue weighted by atomic mass is 79.9. The summed E-state index contributed by atoms with van der Waals surface area (Å²) >= 11 is 3.32. The van der Waals surface area contributed by atoms with E-state index in [0.29, 0.717) is 28.2 Å². The number of ether oxygens (including phenoxy) is 2. The summed E-state index contributed by atoms with van der Waals surface area (Å²) in [5.74, 6) is 0.215. The van der Waals surface area contributed by atoms with E-state index in [2.05, 4.69) is 26.5 Å². The Morgan fingerprint density at radius 3 is 2.41 bits per heavy atom. The molecule has 0 atom stereocenters. The Bertz CT molecular complexity index is 1050. The highest BCUT2D eigenvalue weighted by Crippen LogP contribution is 2.17. The predicted molar refractivity (Wildman–Crippen MR) is 114 cm³/mol. The molecule has 0 aliphatic heterocycles. The molecular weight excluding hydrogens is 436 g/mol. The molecule has 0 aromatic heterocycles. The average molecular weight is 453 g/mol. The zero-order valence-electron chi connectivity index (χ0n) is 15.5. The van der Waals surface area contributed by atoms with Crippen LogP contribution in [0, 0.1) is 0 Å². The standard InChI is InChI=1S/C22H17BrN2O4/c1-28-19-10-8-16(9-11-19)22(27)29-20-7-2-4-15(12-20)14-24-25-21(26)17-5-3-6-18(23)13-17/h2-14H,1H3,(H,25,26). The summed E-state index contributed by atoms with van der Waals surface area (Å²) in [7, 11) is 1.56. The molecule has 0 spiro atoms. The Morgan fingerprint density at radius 1 is 0.931 bits per heavy atom. The Labute approximate surface area is 176 Å². The zero-order valence-corrected chi connectivity index (χ0v) is 17.0. The molecule has 3 rings (SSSR count). The second kappa shape index (κ2) is 9.66. The summed E-state index contributed by atoms with van der Waals surface area (Å²) in [5, 5.41) is 3.95. The lowest BCUT2D eigenvalue weighted by Gasteiger charge is -2.06. The smallest absolute Gasteiger partial charge is 0.343 e. The first-order valence-electron chi connectivity index (χ1n) is 8.60. The number of halogens is 1. The number of hydrazone groups is 1. The second-order valence-electron chi connectivity index (χ2n) is 5.90. The van der Waals surface area contributed by atoms with Gasteiger partial charge in [0.15, 0.2) is 0 Å². The van der Waals surface area contributed by atoms with Crippen molar-refractivity contribution in [1.29, 1.82) is 0 Å². The number of esters is 1. The number of rotatable bonds is 6. The van der Waals surface area contributed by atoms with Crippen molar-refractivity contribution in [3.8, 4) is 11.5 Å². The maximum absolute atomic E-state index is 12.3. The average Bonchev–Trinajstić information content (AvgIpc) is 2.74. The van der Waals surface area contributed by atoms with E-state index < -0.39 is 5.97 Å². The summed E-state index contributed by atoms with van der Waals surface area (Å²) in [5.41, 5.74) is 4.02. The van der Waals surface area contributed by atoms with Gasteiger partial charge in [-0.15, -0.1) is 0 Å². The molecule has 146 valence electrons. The normalized spacial score (nSPS) is 10.6. The van der Waals surface area contributed by atoms with E-state index in [9.17, 15) is 9.59 Å². The van der Waals surface area contributed by atoms with E-state index in [0.717, 1.165) is 4.47 Å². The van der Waals surface area contributed by atoms with Crippen LogP contribution in [0.3, 0.4) is 0 Å². The lowest BCUT2D eigenvalue weighted by atomic mass is 10.2. The highest BCUT2D eigenvalue weighted by molar-refractivity contribution is 9.10. The Kier molecular flexibility index (Phi) is 6.76. The van der Waals surface area contributed by atoms with Crippen molar-refractivity contribution in [2.45, 2.75) is 0 Å². The molecule has 29 heavy (non-hydrogen) atoms. The number of hydrogen-bond acceptors (Lipinski definition) is 5. The van der Waals surface area contributed by atoms with Gasteiger partial charge in [-0.3, -0.25) is 4.79 Å². The van der Waals surface area contributed by atoms with Crippen molar-refractivity contribution in [3.05, 3.63) is 94.0 Å². The third-order valence-corrected chi connectivity index (χ3v) is 4.35. The largest absolute Gasteiger partial charge is 0.497 e. The lowest BCUT2D eigenvalue weighted by Crippen LogP contribution is -2.17. The summed E-state index contributed by atoms with van der Waals surface area (Å²) < 4.78 is 11.3. The van der Waals surface area contributed by atoms with Crippen molar-refractivity contribution in [1.82, 2.24) is 5.43 Å². The maximum Gasteiger partial charge on any atom is 0.343 e. The minimum Gasteiger partial charge on any atom is -0.497 e. The molecule has 3 aromatic rings. The van der Waals surface area contributed by atoms with Crippen LogP contribution in [0.5, 0.6) is 11.5 Å². The molecule has 1 amide bonds. The highest BCUT2D eigenvalue weighted by Gasteiger charge is 2.09. The second-order valence-corrected chi connectivity index (χ2v) is 6.82. The minimum atomic E-state index is -0.482. The molecule has 0 aliphatic carbocycles. The fourth-order valence-corrected chi connectivity index (χ4v) is 2.81. The number of carbonyl (C=O) groups is 2. The molecule has 0 fully saturated rings. The number of carbonyl (C=O) groups excluding carboxylic acids is 2. The molecule has 0 unspecified atom stereocenters. The molecule has 0 aliphatic rings. The molecule has 0 heterocycles. The van der Waals surface area contributed by atoms with E-state index in [1.807, 2.05) is 6.07 Å². The van der Waals surface area contributed by atoms with Gasteiger partial charge in [0.05, 0.1) is 18.9 Å². The summed E-state index contributed by atoms with van der Waals surface area (Å²) in [6.45, 7) is 0. The van der Waals surface area contributed by atoms with Crippen LogP contribution in [0.1, 0.15) is 26.3 Å². The van der Waals surface area contributed by atoms with Gasteiger partial charge in [0, 0.05) is 10.0 Å². The Hall–Kier alpha value is -3.45. The predicted octanol–water partition coefficient (Wildman–Crippen LogP) is 4.44. The number of nitrogens with one attached hydrogen (secondary N) is 1. The topological polar surface area (TPSA) is 77.0 Å². The minimum absolute atomic E-state index is 0.329. The summed E-state index contributed by atoms with van der Waals surface area (Å²) in [6, 6.07) is 20.4. The molecule has 0 radical (unpaired) electrons. The van der Waals surface area contributed by atoms with E-state index in [1.54, 1.807) is 73.8 Å². The molecule has 0 saturated carbocycles. The molecule has 0 bridgehead atoms. The van der Waals surface area contributed by atoms with Crippen molar-refractivity contribution in [2.75, 3.05) is 7.11 Å². The Balaban J connectivity index is 1.62. The van der Waals surface area contributed by atoms with E-state index in [-0.39, 0.29) is 5.91 Å². The first-order valence-corrected chi connectivity index (χ1v) is 9.40. The van der Waals surface area contributed by atoms with Crippen LogP contribution in [-0.2, 0) is 0 Å². The van der Waals surface area contributed by atoms with Crippen LogP contribution in [-0.4, -0.2) is 25.2 Å². The van der Waals surface area contributed by atoms with E-state index >= 15 is 0 Å². The van der Waals surface area contributed by atoms with Gasteiger partial charge in [0.2, 0.25) is 0 Å². The van der Waals surface area contributed by atoms with Gasteiger partial charge in [0.1, 0.15) is 11.5 Å². The van der Waals surface area contributed by atoms with Crippen molar-refractivity contribution in [2.24, 2.45) is 5.10 Å². The number of methoxy groups -OCH3 is 1. The van der Waals surface area contributed by atoms with Gasteiger partial charge >= 0.3 is 5.97 Å². The molecule has 1 N–H and O–H groups in total. The Morgan fingerprint density at radius 2 is 1.69 bits per heavy atom. The molecule has 3 aromatic carbocycles. The summed E-state index contributed by atoms with van der Waals surface area (Å²) in [4.78, 5) is 24.3. The van der Waals surface area contributed by atoms with Crippen LogP contribution in [0.15, 0.2) is 82.4 Å². The fraction of sp³-hybridized carbons (Fsp3) is 0.0455. The van der Waals surface area contributed by atoms with Crippen molar-refractivity contribution >= 4 is 34.0 Å². The first-order chi connectivity index (χ1) is 14.0. The van der Waals surface area contributed by atoms with Crippen molar-refractivity contribution in [3.63, 3.8) is 0 Å². The quantitative estimate of drug-likeness (QED) is 0.259. The number of nitrogens with zero attached hydrogens (tertiary/aromatic N) is 1. The molecule has 6 nitrogen and oxygen atoms in total. The zero-order chi connectivity index (χ0) is 20.6. The van der Waals surface area contributed by atoms with Crippen molar-refractivity contribution < 1.29 is 19.1 Å². The van der Waals surface area contributed by atoms with Crippen LogP contribution < -0.4 is 14.9 Å². The van der Waals surface area contributed by atoms with Crippen LogP contribution in [0.2, 0.25) is 0 Å². The number of benzene rings is 3. The van der Waals surface area contributed by atoms with Crippen LogP contribution in [0.25, 0.3) is 0 Å². The van der Waals surface area contributed by atoms with Gasteiger partial charge in [-0.25, -0.2) is 10.2 Å². The molecule has 7 heteroatoms. The van der Waals surface area contributed by atoms with E-state index in [4.69, 9.17) is 9.47 Å². The molecule has 0 saturated heterocycles. The van der Waals surface area contributed by atoms with Gasteiger partial charge in [-0.2, -0.15) is 5.10 Å². The monoisotopic (exact) mass is 452 g/mol. The van der Waals surface area contributed by atoms with Crippen LogP contribution >= 0.6 is 15.9 Å². The van der Waals surface area contributed by atoms with E-state index in [1.165, 1.54) is 6.21 Å². The fourth-order valence-electron chi connectivity index (χ4n) is 2.41. The van der Waals surface area contributed by atoms with Gasteiger partial charge in [-0.1, -0.05) is 34.1 Å². The first kappa shape index (κ1) is 20.3. The lowest BCUT2D eigenvalue weighted by molar-refractivity contribution is 0.0734. The third kappa shape index (κ3) is 5.76. The van der Waals surface area contributed by atoms with Gasteiger partial charge < -0.3 is 9.47 Å².